The molecule has 0 fully saturated rings. The lowest BCUT2D eigenvalue weighted by molar-refractivity contribution is -0.139. The number of ketones is 1. The van der Waals surface area contributed by atoms with Crippen LogP contribution in [0.15, 0.2) is 53.5 Å². The molecule has 0 unspecified atom stereocenters. The number of nitrogens with zero attached hydrogens (tertiary/aromatic N) is 1. The number of alkyl carbamates (subject to hydrolysis) is 1. The van der Waals surface area contributed by atoms with E-state index in [0.717, 1.165) is 5.56 Å². The summed E-state index contributed by atoms with van der Waals surface area (Å²) in [4.78, 5) is 63.2. The van der Waals surface area contributed by atoms with Gasteiger partial charge in [-0.2, -0.15) is 0 Å². The first-order valence-corrected chi connectivity index (χ1v) is 11.3. The van der Waals surface area contributed by atoms with Crippen molar-refractivity contribution in [1.82, 2.24) is 10.6 Å². The normalized spacial score (nSPS) is 14.5. The molecule has 0 spiro atoms. The van der Waals surface area contributed by atoms with Crippen LogP contribution in [0.1, 0.15) is 11.1 Å². The number of hydrogen-bond acceptors (Lipinski definition) is 8. The molecule has 0 aromatic heterocycles. The number of rotatable bonds is 11. The van der Waals surface area contributed by atoms with Gasteiger partial charge in [0.1, 0.15) is 24.9 Å². The van der Waals surface area contributed by atoms with E-state index in [1.54, 1.807) is 30.3 Å². The van der Waals surface area contributed by atoms with Crippen molar-refractivity contribution < 1.29 is 38.6 Å². The molecule has 1 heterocycles. The molecule has 0 aliphatic carbocycles. The number of benzene rings is 2. The van der Waals surface area contributed by atoms with E-state index in [2.05, 4.69) is 20.9 Å². The number of carbonyl (C=O) groups excluding carboxylic acids is 4. The molecular weight excluding hydrogens is 500 g/mol. The molecule has 1 aliphatic heterocycles. The zero-order chi connectivity index (χ0) is 27.7. The summed E-state index contributed by atoms with van der Waals surface area (Å²) in [5.41, 5.74) is 11.7. The Hall–Kier alpha value is -5.14. The van der Waals surface area contributed by atoms with E-state index in [1.807, 2.05) is 6.07 Å². The molecule has 200 valence electrons. The van der Waals surface area contributed by atoms with Gasteiger partial charge in [0.2, 0.25) is 5.78 Å². The number of aliphatic carboxylic acids is 1. The summed E-state index contributed by atoms with van der Waals surface area (Å²) in [6.45, 7) is -0.850. The lowest BCUT2D eigenvalue weighted by Crippen LogP contribution is -2.47. The van der Waals surface area contributed by atoms with Gasteiger partial charge in [-0.1, -0.05) is 36.4 Å². The molecule has 14 heteroatoms. The van der Waals surface area contributed by atoms with E-state index < -0.39 is 48.4 Å². The van der Waals surface area contributed by atoms with E-state index in [4.69, 9.17) is 20.9 Å². The molecule has 2 aromatic rings. The Labute approximate surface area is 216 Å². The number of fused-ring (bicyclic) bond motifs is 1. The first kappa shape index (κ1) is 27.4. The van der Waals surface area contributed by atoms with Crippen LogP contribution in [0.4, 0.5) is 10.5 Å². The fourth-order valence-electron chi connectivity index (χ4n) is 3.32. The number of anilines is 1. The quantitative estimate of drug-likeness (QED) is 0.122. The number of nitrogens with two attached hydrogens (primary N) is 2. The molecule has 0 saturated carbocycles. The van der Waals surface area contributed by atoms with Crippen LogP contribution in [-0.4, -0.2) is 66.0 Å². The number of nitrogens with one attached hydrogen (secondary N) is 3. The van der Waals surface area contributed by atoms with Crippen LogP contribution < -0.4 is 32.2 Å². The highest BCUT2D eigenvalue weighted by Gasteiger charge is 2.29. The molecule has 0 saturated heterocycles. The molecule has 2 aromatic carbocycles. The third kappa shape index (κ3) is 7.94. The highest BCUT2D eigenvalue weighted by atomic mass is 16.5. The van der Waals surface area contributed by atoms with Crippen molar-refractivity contribution in [1.29, 1.82) is 0 Å². The minimum Gasteiger partial charge on any atom is -0.480 e. The topological polar surface area (TPSA) is 225 Å². The third-order valence-corrected chi connectivity index (χ3v) is 5.21. The number of aliphatic imine (C=N–C) groups is 1. The second-order valence-corrected chi connectivity index (χ2v) is 8.10. The Morgan fingerprint density at radius 1 is 1.11 bits per heavy atom. The molecule has 0 bridgehead atoms. The monoisotopic (exact) mass is 526 g/mol. The molecule has 14 nitrogen and oxygen atoms in total. The van der Waals surface area contributed by atoms with Gasteiger partial charge in [0.25, 0.3) is 11.8 Å². The molecule has 3 rings (SSSR count). The van der Waals surface area contributed by atoms with Gasteiger partial charge < -0.3 is 42.0 Å². The van der Waals surface area contributed by atoms with Crippen LogP contribution >= 0.6 is 0 Å². The number of amides is 3. The summed E-state index contributed by atoms with van der Waals surface area (Å²) in [6, 6.07) is 12.2. The van der Waals surface area contributed by atoms with Crippen molar-refractivity contribution in [2.75, 3.05) is 18.4 Å². The Balaban J connectivity index is 1.55. The fourth-order valence-corrected chi connectivity index (χ4v) is 3.32. The van der Waals surface area contributed by atoms with E-state index in [9.17, 15) is 29.1 Å². The number of Topliss-reactive ketones (excluding diaryl/α,β-unsaturated/α-hetero) is 1. The highest BCUT2D eigenvalue weighted by molar-refractivity contribution is 6.37. The van der Waals surface area contributed by atoms with E-state index in [-0.39, 0.29) is 37.0 Å². The number of carboxylic acid groups (broad SMARTS) is 1. The average molecular weight is 527 g/mol. The van der Waals surface area contributed by atoms with Gasteiger partial charge in [0, 0.05) is 6.42 Å². The van der Waals surface area contributed by atoms with Crippen molar-refractivity contribution in [2.45, 2.75) is 25.2 Å². The average Bonchev–Trinajstić information content (AvgIpc) is 2.89. The number of carboxylic acids is 1. The van der Waals surface area contributed by atoms with Gasteiger partial charge in [-0.3, -0.25) is 14.4 Å². The van der Waals surface area contributed by atoms with Crippen molar-refractivity contribution >= 4 is 41.3 Å². The Morgan fingerprint density at radius 2 is 1.84 bits per heavy atom. The summed E-state index contributed by atoms with van der Waals surface area (Å²) in [5.74, 6) is -3.83. The summed E-state index contributed by atoms with van der Waals surface area (Å²) < 4.78 is 10.7. The summed E-state index contributed by atoms with van der Waals surface area (Å²) in [7, 11) is 0. The first-order chi connectivity index (χ1) is 18.1. The first-order valence-electron chi connectivity index (χ1n) is 11.3. The lowest BCUT2D eigenvalue weighted by atomic mass is 10.0. The van der Waals surface area contributed by atoms with Crippen LogP contribution in [0.5, 0.6) is 5.75 Å². The zero-order valence-electron chi connectivity index (χ0n) is 20.0. The summed E-state index contributed by atoms with van der Waals surface area (Å²) >= 11 is 0. The summed E-state index contributed by atoms with van der Waals surface area (Å²) in [6.07, 6.45) is -2.12. The van der Waals surface area contributed by atoms with Crippen molar-refractivity contribution in [3.63, 3.8) is 0 Å². The fraction of sp³-hybridized carbons (Fsp3) is 0.250. The van der Waals surface area contributed by atoms with Crippen LogP contribution in [0.3, 0.4) is 0 Å². The Kier molecular flexibility index (Phi) is 9.18. The van der Waals surface area contributed by atoms with Gasteiger partial charge in [-0.25, -0.2) is 14.6 Å². The molecule has 8 N–H and O–H groups in total. The second kappa shape index (κ2) is 12.7. The molecule has 0 radical (unpaired) electrons. The van der Waals surface area contributed by atoms with Gasteiger partial charge >= 0.3 is 12.1 Å². The second-order valence-electron chi connectivity index (χ2n) is 8.10. The predicted octanol–water partition coefficient (Wildman–Crippen LogP) is -0.733. The smallest absolute Gasteiger partial charge is 0.408 e. The van der Waals surface area contributed by atoms with Crippen LogP contribution in [-0.2, 0) is 36.9 Å². The molecular formula is C24H26N6O8. The van der Waals surface area contributed by atoms with Gasteiger partial charge in [0.05, 0.1) is 12.2 Å². The third-order valence-electron chi connectivity index (χ3n) is 5.21. The van der Waals surface area contributed by atoms with Crippen LogP contribution in [0.25, 0.3) is 0 Å². The minimum atomic E-state index is -1.30. The standard InChI is InChI=1S/C24H26N6O8/c25-23(26)28-10-17(31)20(32)27-11-19-21(33)29-15-8-14(6-7-18(15)38-19)9-16(22(34)35)30-24(36)37-12-13-4-2-1-3-5-13/h1-8,16,19H,9-12H2,(H,27,32)(H,29,33)(H,30,36)(H,34,35)(H4,25,26,28)/t16-,19+/m0/s1. The summed E-state index contributed by atoms with van der Waals surface area (Å²) in [5, 5.41) is 16.8. The number of guanidine groups is 1. The predicted molar refractivity (Wildman–Crippen MR) is 133 cm³/mol. The highest BCUT2D eigenvalue weighted by Crippen LogP contribution is 2.30. The van der Waals surface area contributed by atoms with E-state index in [1.165, 1.54) is 12.1 Å². The van der Waals surface area contributed by atoms with Crippen molar-refractivity contribution in [3.8, 4) is 5.75 Å². The number of ether oxygens (including phenoxy) is 2. The molecule has 38 heavy (non-hydrogen) atoms. The van der Waals surface area contributed by atoms with Gasteiger partial charge in [-0.15, -0.1) is 0 Å². The lowest BCUT2D eigenvalue weighted by Gasteiger charge is -2.26. The van der Waals surface area contributed by atoms with E-state index in [0.29, 0.717) is 5.56 Å². The van der Waals surface area contributed by atoms with Crippen LogP contribution in [0.2, 0.25) is 0 Å². The van der Waals surface area contributed by atoms with Crippen LogP contribution in [0, 0.1) is 0 Å². The number of carbonyl (C=O) groups is 5. The number of hydrogen-bond donors (Lipinski definition) is 6. The largest absolute Gasteiger partial charge is 0.480 e. The van der Waals surface area contributed by atoms with E-state index >= 15 is 0 Å². The van der Waals surface area contributed by atoms with Crippen molar-refractivity contribution in [2.24, 2.45) is 16.5 Å². The Morgan fingerprint density at radius 3 is 2.53 bits per heavy atom. The minimum absolute atomic E-state index is 0.0206. The molecule has 2 atom stereocenters. The zero-order valence-corrected chi connectivity index (χ0v) is 20.0. The maximum Gasteiger partial charge on any atom is 0.408 e. The molecule has 3 amide bonds. The van der Waals surface area contributed by atoms with Crippen molar-refractivity contribution in [3.05, 3.63) is 59.7 Å². The van der Waals surface area contributed by atoms with Gasteiger partial charge in [-0.05, 0) is 23.3 Å². The maximum absolute atomic E-state index is 12.4. The SMILES string of the molecule is NC(N)=NCC(=O)C(=O)NC[C@H]1Oc2ccc(C[C@H](NC(=O)OCc3ccccc3)C(=O)O)cc2NC1=O. The maximum atomic E-state index is 12.4. The Bertz CT molecular complexity index is 1250. The van der Waals surface area contributed by atoms with Gasteiger partial charge in [0.15, 0.2) is 12.1 Å². The molecule has 1 aliphatic rings.